The van der Waals surface area contributed by atoms with Crippen LogP contribution in [0.4, 0.5) is 0 Å². The Morgan fingerprint density at radius 1 is 1.10 bits per heavy atom. The highest BCUT2D eigenvalue weighted by Gasteiger charge is 2.24. The van der Waals surface area contributed by atoms with E-state index in [1.54, 1.807) is 13.3 Å². The summed E-state index contributed by atoms with van der Waals surface area (Å²) in [7, 11) is 1.77. The monoisotopic (exact) mass is 411 g/mol. The minimum Gasteiger partial charge on any atom is -0.468 e. The molecule has 0 aliphatic carbocycles. The van der Waals surface area contributed by atoms with E-state index in [4.69, 9.17) is 4.42 Å². The van der Waals surface area contributed by atoms with Crippen molar-refractivity contribution >= 4 is 11.9 Å². The fourth-order valence-electron chi connectivity index (χ4n) is 3.76. The number of nitrogens with zero attached hydrogens (tertiary/aromatic N) is 2. The van der Waals surface area contributed by atoms with Crippen LogP contribution >= 0.6 is 0 Å². The van der Waals surface area contributed by atoms with Gasteiger partial charge in [-0.1, -0.05) is 18.6 Å². The van der Waals surface area contributed by atoms with E-state index in [-0.39, 0.29) is 11.9 Å². The maximum absolute atomic E-state index is 11.9. The third kappa shape index (κ3) is 6.10. The van der Waals surface area contributed by atoms with Gasteiger partial charge in [0.25, 0.3) is 5.91 Å². The molecule has 1 aliphatic heterocycles. The van der Waals surface area contributed by atoms with Crippen LogP contribution in [0, 0.1) is 0 Å². The number of guanidine groups is 1. The topological polar surface area (TPSA) is 81.9 Å². The average molecular weight is 412 g/mol. The van der Waals surface area contributed by atoms with Crippen LogP contribution in [0.3, 0.4) is 0 Å². The summed E-state index contributed by atoms with van der Waals surface area (Å²) in [5, 5.41) is 9.61. The van der Waals surface area contributed by atoms with E-state index >= 15 is 0 Å². The zero-order chi connectivity index (χ0) is 21.2. The fraction of sp³-hybridized carbons (Fsp3) is 0.478. The summed E-state index contributed by atoms with van der Waals surface area (Å²) in [4.78, 5) is 18.7. The summed E-state index contributed by atoms with van der Waals surface area (Å²) in [5.41, 5.74) is 1.76. The summed E-state index contributed by atoms with van der Waals surface area (Å²) in [6.07, 6.45) is 5.51. The van der Waals surface area contributed by atoms with Gasteiger partial charge in [-0.25, -0.2) is 0 Å². The van der Waals surface area contributed by atoms with E-state index in [1.807, 2.05) is 43.3 Å². The molecule has 3 N–H and O–H groups in total. The molecule has 2 aromatic rings. The number of rotatable bonds is 8. The molecule has 0 saturated carbocycles. The van der Waals surface area contributed by atoms with Crippen molar-refractivity contribution in [3.05, 3.63) is 59.5 Å². The second-order valence-corrected chi connectivity index (χ2v) is 7.49. The number of benzene rings is 1. The number of nitrogens with one attached hydrogen (secondary N) is 3. The minimum atomic E-state index is -0.0452. The number of hydrogen-bond acceptors (Lipinski definition) is 4. The zero-order valence-electron chi connectivity index (χ0n) is 18.0. The van der Waals surface area contributed by atoms with Gasteiger partial charge in [0.15, 0.2) is 5.96 Å². The van der Waals surface area contributed by atoms with Crippen molar-refractivity contribution in [2.45, 2.75) is 38.8 Å². The Kier molecular flexibility index (Phi) is 8.32. The third-order valence-corrected chi connectivity index (χ3v) is 5.40. The molecule has 3 rings (SSSR count). The number of amides is 1. The molecule has 1 atom stereocenters. The van der Waals surface area contributed by atoms with Gasteiger partial charge in [-0.05, 0) is 62.7 Å². The summed E-state index contributed by atoms with van der Waals surface area (Å²) in [6.45, 7) is 6.08. The number of carbonyl (C=O) groups is 1. The lowest BCUT2D eigenvalue weighted by molar-refractivity contribution is 0.0956. The second-order valence-electron chi connectivity index (χ2n) is 7.49. The molecule has 162 valence electrons. The van der Waals surface area contributed by atoms with Crippen molar-refractivity contribution in [2.24, 2.45) is 4.99 Å². The number of aliphatic imine (C=N–C) groups is 1. The van der Waals surface area contributed by atoms with Gasteiger partial charge in [0.1, 0.15) is 5.76 Å². The Hall–Kier alpha value is -2.80. The summed E-state index contributed by atoms with van der Waals surface area (Å²) < 4.78 is 5.72. The summed E-state index contributed by atoms with van der Waals surface area (Å²) in [5.74, 6) is 1.69. The lowest BCUT2D eigenvalue weighted by Gasteiger charge is -2.33. The molecule has 0 spiro atoms. The van der Waals surface area contributed by atoms with Crippen molar-refractivity contribution in [3.8, 4) is 0 Å². The SMILES string of the molecule is CCNC(=O)c1ccc(CNC(=NC)NCC(c2ccco2)N2CCCCC2)cc1. The normalized spacial score (nSPS) is 16.1. The third-order valence-electron chi connectivity index (χ3n) is 5.40. The highest BCUT2D eigenvalue weighted by Crippen LogP contribution is 2.24. The van der Waals surface area contributed by atoms with Gasteiger partial charge in [0.2, 0.25) is 0 Å². The van der Waals surface area contributed by atoms with Crippen LogP contribution in [0.2, 0.25) is 0 Å². The molecule has 0 radical (unpaired) electrons. The lowest BCUT2D eigenvalue weighted by Crippen LogP contribution is -2.44. The van der Waals surface area contributed by atoms with Crippen molar-refractivity contribution in [1.29, 1.82) is 0 Å². The van der Waals surface area contributed by atoms with Crippen molar-refractivity contribution in [3.63, 3.8) is 0 Å². The molecule has 30 heavy (non-hydrogen) atoms. The predicted octanol–water partition coefficient (Wildman–Crippen LogP) is 2.92. The van der Waals surface area contributed by atoms with Gasteiger partial charge >= 0.3 is 0 Å². The number of likely N-dealkylation sites (tertiary alicyclic amines) is 1. The number of piperidine rings is 1. The van der Waals surface area contributed by atoms with Gasteiger partial charge in [-0.2, -0.15) is 0 Å². The van der Waals surface area contributed by atoms with E-state index in [2.05, 4.69) is 25.8 Å². The Morgan fingerprint density at radius 3 is 2.50 bits per heavy atom. The van der Waals surface area contributed by atoms with Crippen LogP contribution in [0.1, 0.15) is 53.9 Å². The smallest absolute Gasteiger partial charge is 0.251 e. The number of hydrogen-bond donors (Lipinski definition) is 3. The highest BCUT2D eigenvalue weighted by atomic mass is 16.3. The molecule has 1 amide bonds. The van der Waals surface area contributed by atoms with Crippen LogP contribution in [0.25, 0.3) is 0 Å². The van der Waals surface area contributed by atoms with Gasteiger partial charge < -0.3 is 20.4 Å². The maximum atomic E-state index is 11.9. The molecule has 0 bridgehead atoms. The molecule has 2 heterocycles. The molecule has 1 aromatic heterocycles. The number of furan rings is 1. The molecule has 7 nitrogen and oxygen atoms in total. The Labute approximate surface area is 178 Å². The first-order chi connectivity index (χ1) is 14.7. The van der Waals surface area contributed by atoms with Crippen LogP contribution in [0.5, 0.6) is 0 Å². The number of carbonyl (C=O) groups excluding carboxylic acids is 1. The lowest BCUT2D eigenvalue weighted by atomic mass is 10.1. The summed E-state index contributed by atoms with van der Waals surface area (Å²) in [6, 6.07) is 11.8. The molecule has 1 aromatic carbocycles. The largest absolute Gasteiger partial charge is 0.468 e. The first-order valence-electron chi connectivity index (χ1n) is 10.8. The van der Waals surface area contributed by atoms with E-state index in [0.717, 1.165) is 36.9 Å². The Morgan fingerprint density at radius 2 is 1.87 bits per heavy atom. The van der Waals surface area contributed by atoms with Crippen LogP contribution in [0.15, 0.2) is 52.1 Å². The molecular formula is C23H33N5O2. The van der Waals surface area contributed by atoms with Crippen LogP contribution < -0.4 is 16.0 Å². The van der Waals surface area contributed by atoms with E-state index in [0.29, 0.717) is 18.7 Å². The minimum absolute atomic E-state index is 0.0452. The molecule has 7 heteroatoms. The van der Waals surface area contributed by atoms with Crippen molar-refractivity contribution in [2.75, 3.05) is 33.2 Å². The first kappa shape index (κ1) is 21.9. The molecule has 1 fully saturated rings. The van der Waals surface area contributed by atoms with Gasteiger partial charge in [-0.3, -0.25) is 14.7 Å². The second kappa shape index (κ2) is 11.4. The Balaban J connectivity index is 1.53. The van der Waals surface area contributed by atoms with E-state index in [9.17, 15) is 4.79 Å². The van der Waals surface area contributed by atoms with Crippen LogP contribution in [-0.2, 0) is 6.54 Å². The van der Waals surface area contributed by atoms with Crippen LogP contribution in [-0.4, -0.2) is 50.0 Å². The Bertz CT molecular complexity index is 796. The van der Waals surface area contributed by atoms with Gasteiger partial charge in [0.05, 0.1) is 12.3 Å². The van der Waals surface area contributed by atoms with Gasteiger partial charge in [-0.15, -0.1) is 0 Å². The quantitative estimate of drug-likeness (QED) is 0.460. The molecule has 1 saturated heterocycles. The first-order valence-corrected chi connectivity index (χ1v) is 10.8. The summed E-state index contributed by atoms with van der Waals surface area (Å²) >= 11 is 0. The van der Waals surface area contributed by atoms with E-state index in [1.165, 1.54) is 19.3 Å². The maximum Gasteiger partial charge on any atom is 0.251 e. The molecule has 1 aliphatic rings. The fourth-order valence-corrected chi connectivity index (χ4v) is 3.76. The zero-order valence-corrected chi connectivity index (χ0v) is 18.0. The predicted molar refractivity (Wildman–Crippen MR) is 120 cm³/mol. The highest BCUT2D eigenvalue weighted by molar-refractivity contribution is 5.94. The van der Waals surface area contributed by atoms with Crippen molar-refractivity contribution < 1.29 is 9.21 Å². The van der Waals surface area contributed by atoms with Crippen molar-refractivity contribution in [1.82, 2.24) is 20.9 Å². The average Bonchev–Trinajstić information content (AvgIpc) is 3.32. The van der Waals surface area contributed by atoms with E-state index < -0.39 is 0 Å². The molecule has 1 unspecified atom stereocenters. The molecular weight excluding hydrogens is 378 g/mol. The standard InChI is InChI=1S/C23H33N5O2/c1-3-25-22(29)19-11-9-18(10-12-19)16-26-23(24-2)27-17-20(21-8-7-15-30-21)28-13-5-4-6-14-28/h7-12,15,20H,3-6,13-14,16-17H2,1-2H3,(H,25,29)(H2,24,26,27). The van der Waals surface area contributed by atoms with Gasteiger partial charge in [0, 0.05) is 32.2 Å².